The van der Waals surface area contributed by atoms with E-state index in [4.69, 9.17) is 4.84 Å². The Morgan fingerprint density at radius 3 is 1.80 bits per heavy atom. The van der Waals surface area contributed by atoms with E-state index in [1.807, 2.05) is 36.4 Å². The van der Waals surface area contributed by atoms with Crippen LogP contribution in [0.15, 0.2) is 60.7 Å². The van der Waals surface area contributed by atoms with Crippen LogP contribution in [0.25, 0.3) is 0 Å². The van der Waals surface area contributed by atoms with E-state index in [1.54, 1.807) is 0 Å². The van der Waals surface area contributed by atoms with Crippen molar-refractivity contribution in [3.05, 3.63) is 71.8 Å². The normalized spacial score (nSPS) is 20.9. The average Bonchev–Trinajstić information content (AvgIpc) is 2.82. The van der Waals surface area contributed by atoms with Crippen molar-refractivity contribution < 1.29 is 14.6 Å². The first kappa shape index (κ1) is 13.3. The fraction of sp³-hybridized carbons (Fsp3) is 0.294. The molecule has 0 bridgehead atoms. The topological polar surface area (TPSA) is 29.5 Å². The number of rotatable bonds is 4. The molecule has 1 saturated heterocycles. The summed E-state index contributed by atoms with van der Waals surface area (Å²) in [7, 11) is 0. The van der Waals surface area contributed by atoms with Crippen LogP contribution in [0.3, 0.4) is 0 Å². The number of aliphatic hydroxyl groups excluding tert-OH is 1. The molecule has 1 heterocycles. The average molecular weight is 270 g/mol. The molecule has 3 nitrogen and oxygen atoms in total. The summed E-state index contributed by atoms with van der Waals surface area (Å²) >= 11 is 0. The molecule has 2 aromatic carbocycles. The predicted octanol–water partition coefficient (Wildman–Crippen LogP) is 2.86. The summed E-state index contributed by atoms with van der Waals surface area (Å²) in [6, 6.07) is 20.6. The van der Waals surface area contributed by atoms with Gasteiger partial charge in [0, 0.05) is 11.1 Å². The van der Waals surface area contributed by atoms with E-state index in [0.717, 1.165) is 19.6 Å². The molecule has 0 aliphatic carbocycles. The van der Waals surface area contributed by atoms with Gasteiger partial charge in [-0.25, -0.2) is 0 Å². The van der Waals surface area contributed by atoms with E-state index in [1.165, 1.54) is 11.1 Å². The van der Waals surface area contributed by atoms with Gasteiger partial charge in [0.05, 0.1) is 6.42 Å². The van der Waals surface area contributed by atoms with Crippen LogP contribution in [0.4, 0.5) is 0 Å². The van der Waals surface area contributed by atoms with E-state index >= 15 is 0 Å². The molecule has 0 saturated carbocycles. The highest BCUT2D eigenvalue weighted by atomic mass is 16.8. The van der Waals surface area contributed by atoms with E-state index in [0.29, 0.717) is 11.1 Å². The summed E-state index contributed by atoms with van der Waals surface area (Å²) in [5.41, 5.74) is 2.47. The van der Waals surface area contributed by atoms with Crippen molar-refractivity contribution >= 4 is 0 Å². The van der Waals surface area contributed by atoms with Gasteiger partial charge in [0.15, 0.2) is 0 Å². The number of aliphatic hydroxyl groups is 1. The van der Waals surface area contributed by atoms with E-state index in [2.05, 4.69) is 24.3 Å². The lowest BCUT2D eigenvalue weighted by atomic mass is 10.1. The monoisotopic (exact) mass is 270 g/mol. The van der Waals surface area contributed by atoms with Crippen molar-refractivity contribution in [3.63, 3.8) is 0 Å². The number of benzene rings is 2. The Kier molecular flexibility index (Phi) is 3.83. The zero-order valence-corrected chi connectivity index (χ0v) is 11.5. The zero-order valence-electron chi connectivity index (χ0n) is 11.5. The largest absolute Gasteiger partial charge is 0.363 e. The summed E-state index contributed by atoms with van der Waals surface area (Å²) in [6.45, 7) is 2.41. The molecule has 0 radical (unpaired) electrons. The van der Waals surface area contributed by atoms with E-state index in [9.17, 15) is 5.11 Å². The highest BCUT2D eigenvalue weighted by Crippen LogP contribution is 2.28. The second-order valence-electron chi connectivity index (χ2n) is 5.42. The fourth-order valence-corrected chi connectivity index (χ4v) is 2.83. The molecule has 1 aliphatic heterocycles. The predicted molar refractivity (Wildman–Crippen MR) is 77.1 cm³/mol. The summed E-state index contributed by atoms with van der Waals surface area (Å²) in [5, 5.41) is 9.78. The lowest BCUT2D eigenvalue weighted by molar-refractivity contribution is -1.12. The molecule has 0 aromatic heterocycles. The van der Waals surface area contributed by atoms with Crippen molar-refractivity contribution in [2.24, 2.45) is 0 Å². The molecular formula is C17H20NO2+. The number of quaternary nitrogens is 1. The van der Waals surface area contributed by atoms with Gasteiger partial charge in [-0.15, -0.1) is 0 Å². The Hall–Kier alpha value is -1.68. The van der Waals surface area contributed by atoms with Gasteiger partial charge < -0.3 is 5.11 Å². The van der Waals surface area contributed by atoms with Crippen molar-refractivity contribution in [3.8, 4) is 0 Å². The third kappa shape index (κ3) is 3.07. The molecule has 3 heteroatoms. The minimum Gasteiger partial charge on any atom is -0.363 e. The Bertz CT molecular complexity index is 500. The minimum absolute atomic E-state index is 0.467. The Balaban J connectivity index is 1.82. The maximum Gasteiger partial charge on any atom is 0.218 e. The minimum atomic E-state index is -0.651. The highest BCUT2D eigenvalue weighted by molar-refractivity contribution is 5.15. The fourth-order valence-electron chi connectivity index (χ4n) is 2.83. The molecule has 1 fully saturated rings. The van der Waals surface area contributed by atoms with Gasteiger partial charge in [-0.05, 0) is 0 Å². The summed E-state index contributed by atoms with van der Waals surface area (Å²) in [4.78, 5) is 5.85. The summed E-state index contributed by atoms with van der Waals surface area (Å²) < 4.78 is 0.467. The van der Waals surface area contributed by atoms with Gasteiger partial charge in [0.2, 0.25) is 6.29 Å². The lowest BCUT2D eigenvalue weighted by Gasteiger charge is -2.30. The van der Waals surface area contributed by atoms with Crippen LogP contribution in [0.1, 0.15) is 17.5 Å². The lowest BCUT2D eigenvalue weighted by Crippen LogP contribution is -2.43. The van der Waals surface area contributed by atoms with Crippen LogP contribution in [0, 0.1) is 0 Å². The standard InChI is InChI=1S/C17H20NO2/c19-17-11-12-18(20-17,13-15-7-3-1-4-8-15)14-16-9-5-2-6-10-16/h1-10,17,19H,11-14H2/q+1/t17-/m0/s1. The van der Waals surface area contributed by atoms with Gasteiger partial charge in [0.25, 0.3) is 0 Å². The van der Waals surface area contributed by atoms with Crippen molar-refractivity contribution in [2.45, 2.75) is 25.8 Å². The Labute approximate surface area is 119 Å². The third-order valence-electron chi connectivity index (χ3n) is 3.76. The van der Waals surface area contributed by atoms with Crippen LogP contribution in [-0.4, -0.2) is 22.6 Å². The van der Waals surface area contributed by atoms with Gasteiger partial charge in [-0.3, -0.25) is 0 Å². The number of hydrogen-bond acceptors (Lipinski definition) is 2. The maximum absolute atomic E-state index is 9.78. The number of hydrogen-bond donors (Lipinski definition) is 1. The van der Waals surface area contributed by atoms with Crippen LogP contribution in [0.5, 0.6) is 0 Å². The van der Waals surface area contributed by atoms with E-state index < -0.39 is 6.29 Å². The SMILES string of the molecule is O[C@@H]1CC[N+](Cc2ccccc2)(Cc2ccccc2)O1. The summed E-state index contributed by atoms with van der Waals surface area (Å²) in [5.74, 6) is 0. The first-order valence-electron chi connectivity index (χ1n) is 7.06. The quantitative estimate of drug-likeness (QED) is 0.866. The highest BCUT2D eigenvalue weighted by Gasteiger charge is 2.40. The molecule has 2 aromatic rings. The molecule has 1 atom stereocenters. The van der Waals surface area contributed by atoms with Crippen molar-refractivity contribution in [2.75, 3.05) is 6.54 Å². The van der Waals surface area contributed by atoms with Crippen LogP contribution in [0.2, 0.25) is 0 Å². The first-order chi connectivity index (χ1) is 9.76. The number of hydroxylamine groups is 3. The van der Waals surface area contributed by atoms with Crippen LogP contribution in [-0.2, 0) is 17.9 Å². The van der Waals surface area contributed by atoms with E-state index in [-0.39, 0.29) is 0 Å². The Morgan fingerprint density at radius 1 is 0.900 bits per heavy atom. The molecule has 0 amide bonds. The molecule has 1 aliphatic rings. The maximum atomic E-state index is 9.78. The zero-order chi connectivity index (χ0) is 13.8. The summed E-state index contributed by atoms with van der Waals surface area (Å²) in [6.07, 6.45) is 0.0436. The first-order valence-corrected chi connectivity index (χ1v) is 7.06. The molecular weight excluding hydrogens is 250 g/mol. The van der Waals surface area contributed by atoms with Crippen molar-refractivity contribution in [1.82, 2.24) is 0 Å². The van der Waals surface area contributed by atoms with Gasteiger partial charge in [-0.1, -0.05) is 60.7 Å². The molecule has 104 valence electrons. The second kappa shape index (κ2) is 5.75. The Morgan fingerprint density at radius 2 is 1.40 bits per heavy atom. The molecule has 0 unspecified atom stereocenters. The molecule has 3 rings (SSSR count). The van der Waals surface area contributed by atoms with Crippen molar-refractivity contribution in [1.29, 1.82) is 0 Å². The van der Waals surface area contributed by atoms with Crippen LogP contribution >= 0.6 is 0 Å². The molecule has 1 N–H and O–H groups in total. The third-order valence-corrected chi connectivity index (χ3v) is 3.76. The second-order valence-corrected chi connectivity index (χ2v) is 5.42. The molecule has 20 heavy (non-hydrogen) atoms. The van der Waals surface area contributed by atoms with Gasteiger partial charge in [-0.2, -0.15) is 9.48 Å². The van der Waals surface area contributed by atoms with Gasteiger partial charge in [0.1, 0.15) is 19.6 Å². The number of nitrogens with zero attached hydrogens (tertiary/aromatic N) is 1. The smallest absolute Gasteiger partial charge is 0.218 e. The van der Waals surface area contributed by atoms with Gasteiger partial charge >= 0.3 is 0 Å². The molecule has 0 spiro atoms. The van der Waals surface area contributed by atoms with Crippen LogP contribution < -0.4 is 0 Å².